The summed E-state index contributed by atoms with van der Waals surface area (Å²) in [6, 6.07) is 5.35. The van der Waals surface area contributed by atoms with Crippen LogP contribution in [0.5, 0.6) is 11.5 Å². The Bertz CT molecular complexity index is 1050. The number of rotatable bonds is 5. The summed E-state index contributed by atoms with van der Waals surface area (Å²) in [5.41, 5.74) is 1.01. The van der Waals surface area contributed by atoms with Crippen molar-refractivity contribution < 1.29 is 23.8 Å². The number of hydrogen-bond acceptors (Lipinski definition) is 5. The molecule has 0 atom stereocenters. The summed E-state index contributed by atoms with van der Waals surface area (Å²) in [5.74, 6) is -0.823. The summed E-state index contributed by atoms with van der Waals surface area (Å²) in [4.78, 5) is 26.4. The third-order valence-electron chi connectivity index (χ3n) is 3.98. The monoisotopic (exact) mass is 563 g/mol. The molecule has 0 aliphatic carbocycles. The molecule has 2 aromatic carbocycles. The lowest BCUT2D eigenvalue weighted by molar-refractivity contribution is -0.123. The van der Waals surface area contributed by atoms with Gasteiger partial charge in [-0.25, -0.2) is 4.39 Å². The van der Waals surface area contributed by atoms with Gasteiger partial charge in [0.05, 0.1) is 22.5 Å². The molecule has 2 aromatic rings. The minimum atomic E-state index is -0.499. The molecule has 0 spiro atoms. The van der Waals surface area contributed by atoms with E-state index in [4.69, 9.17) is 16.3 Å². The highest BCUT2D eigenvalue weighted by molar-refractivity contribution is 9.13. The zero-order chi connectivity index (χ0) is 21.3. The van der Waals surface area contributed by atoms with Gasteiger partial charge < -0.3 is 9.84 Å². The summed E-state index contributed by atoms with van der Waals surface area (Å²) in [7, 11) is 0. The van der Waals surface area contributed by atoms with Gasteiger partial charge in [-0.15, -0.1) is 0 Å². The fourth-order valence-electron chi connectivity index (χ4n) is 2.58. The maximum atomic E-state index is 13.2. The van der Waals surface area contributed by atoms with Crippen LogP contribution < -0.4 is 4.74 Å². The Morgan fingerprint density at radius 2 is 2.00 bits per heavy atom. The van der Waals surface area contributed by atoms with E-state index < -0.39 is 17.0 Å². The van der Waals surface area contributed by atoms with Crippen LogP contribution in [0.2, 0.25) is 5.02 Å². The number of phenols is 1. The van der Waals surface area contributed by atoms with Crippen LogP contribution in [0.15, 0.2) is 38.1 Å². The molecule has 1 saturated heterocycles. The van der Waals surface area contributed by atoms with E-state index in [1.807, 2.05) is 0 Å². The largest absolute Gasteiger partial charge is 0.503 e. The molecule has 0 saturated carbocycles. The number of hydrogen-bond donors (Lipinski definition) is 1. The van der Waals surface area contributed by atoms with Crippen molar-refractivity contribution in [1.29, 1.82) is 0 Å². The van der Waals surface area contributed by atoms with E-state index in [0.29, 0.717) is 26.7 Å². The minimum Gasteiger partial charge on any atom is -0.503 e. The van der Waals surface area contributed by atoms with E-state index in [-0.39, 0.29) is 28.0 Å². The highest BCUT2D eigenvalue weighted by Crippen LogP contribution is 2.44. The zero-order valence-corrected chi connectivity index (χ0v) is 19.6. The third kappa shape index (κ3) is 4.63. The van der Waals surface area contributed by atoms with Crippen LogP contribution in [0.25, 0.3) is 6.08 Å². The standard InChI is InChI=1S/C19H13Br2ClFNO4S/c1-2-28-13-5-10(15(20)16(21)17(13)25)6-14-18(26)24(19(27)29-14)8-9-3-4-11(23)7-12(9)22/h3-7,25H,2,8H2,1H3/b14-6-. The SMILES string of the molecule is CCOc1cc(/C=C2\SC(=O)N(Cc3ccc(F)cc3Cl)C2=O)c(Br)c(Br)c1O. The van der Waals surface area contributed by atoms with E-state index in [0.717, 1.165) is 22.7 Å². The van der Waals surface area contributed by atoms with Gasteiger partial charge in [-0.1, -0.05) is 17.7 Å². The summed E-state index contributed by atoms with van der Waals surface area (Å²) >= 11 is 13.4. The van der Waals surface area contributed by atoms with Crippen molar-refractivity contribution in [3.8, 4) is 11.5 Å². The Labute approximate surface area is 192 Å². The number of carbonyl (C=O) groups is 2. The molecule has 1 N–H and O–H groups in total. The van der Waals surface area contributed by atoms with E-state index >= 15 is 0 Å². The molecule has 29 heavy (non-hydrogen) atoms. The van der Waals surface area contributed by atoms with E-state index in [9.17, 15) is 19.1 Å². The molecule has 0 bridgehead atoms. The van der Waals surface area contributed by atoms with E-state index in [2.05, 4.69) is 31.9 Å². The van der Waals surface area contributed by atoms with Crippen LogP contribution in [0.3, 0.4) is 0 Å². The summed E-state index contributed by atoms with van der Waals surface area (Å²) in [6.45, 7) is 2.06. The number of thioether (sulfide) groups is 1. The first-order valence-electron chi connectivity index (χ1n) is 8.26. The minimum absolute atomic E-state index is 0.0637. The Morgan fingerprint density at radius 3 is 2.66 bits per heavy atom. The Hall–Kier alpha value is -1.55. The number of carbonyl (C=O) groups excluding carboxylic acids is 2. The molecule has 5 nitrogen and oxygen atoms in total. The fraction of sp³-hybridized carbons (Fsp3) is 0.158. The van der Waals surface area contributed by atoms with Crippen molar-refractivity contribution in [3.05, 3.63) is 60.1 Å². The van der Waals surface area contributed by atoms with Gasteiger partial charge in [0.2, 0.25) is 0 Å². The van der Waals surface area contributed by atoms with Crippen molar-refractivity contribution in [1.82, 2.24) is 4.90 Å². The quantitative estimate of drug-likeness (QED) is 0.429. The van der Waals surface area contributed by atoms with Crippen molar-refractivity contribution in [3.63, 3.8) is 0 Å². The Balaban J connectivity index is 1.92. The summed E-state index contributed by atoms with van der Waals surface area (Å²) in [5, 5.41) is 9.83. The second-order valence-corrected chi connectivity index (χ2v) is 8.86. The first kappa shape index (κ1) is 22.1. The highest BCUT2D eigenvalue weighted by atomic mass is 79.9. The second-order valence-electron chi connectivity index (χ2n) is 5.88. The van der Waals surface area contributed by atoms with Crippen molar-refractivity contribution >= 4 is 72.4 Å². The van der Waals surface area contributed by atoms with E-state index in [1.165, 1.54) is 18.2 Å². The molecular formula is C19H13Br2ClFNO4S. The first-order chi connectivity index (χ1) is 13.7. The number of benzene rings is 2. The van der Waals surface area contributed by atoms with Crippen molar-refractivity contribution in [2.45, 2.75) is 13.5 Å². The molecule has 3 rings (SSSR count). The predicted molar refractivity (Wildman–Crippen MR) is 118 cm³/mol. The molecule has 10 heteroatoms. The Morgan fingerprint density at radius 1 is 1.28 bits per heavy atom. The summed E-state index contributed by atoms with van der Waals surface area (Å²) < 4.78 is 19.5. The van der Waals surface area contributed by atoms with Crippen LogP contribution >= 0.6 is 55.2 Å². The number of amides is 2. The lowest BCUT2D eigenvalue weighted by Gasteiger charge is -2.14. The van der Waals surface area contributed by atoms with Gasteiger partial charge in [0.1, 0.15) is 5.82 Å². The Kier molecular flexibility index (Phi) is 6.93. The van der Waals surface area contributed by atoms with Crippen LogP contribution in [-0.4, -0.2) is 27.8 Å². The maximum Gasteiger partial charge on any atom is 0.293 e. The maximum absolute atomic E-state index is 13.2. The number of ether oxygens (including phenoxy) is 1. The fourth-order valence-corrected chi connectivity index (χ4v) is 4.48. The molecule has 2 amide bonds. The van der Waals surface area contributed by atoms with Gasteiger partial charge in [-0.3, -0.25) is 14.5 Å². The molecule has 1 heterocycles. The lowest BCUT2D eigenvalue weighted by Crippen LogP contribution is -2.27. The van der Waals surface area contributed by atoms with E-state index in [1.54, 1.807) is 13.0 Å². The molecular weight excluding hydrogens is 553 g/mol. The average Bonchev–Trinajstić information content (AvgIpc) is 2.93. The number of halogens is 4. The third-order valence-corrected chi connectivity index (χ3v) is 7.40. The second kappa shape index (κ2) is 9.07. The predicted octanol–water partition coefficient (Wildman–Crippen LogP) is 6.34. The number of aromatic hydroxyl groups is 1. The molecule has 1 aliphatic rings. The van der Waals surface area contributed by atoms with Gasteiger partial charge in [0, 0.05) is 9.50 Å². The van der Waals surface area contributed by atoms with Crippen molar-refractivity contribution in [2.24, 2.45) is 0 Å². The normalized spacial score (nSPS) is 15.5. The zero-order valence-electron chi connectivity index (χ0n) is 14.8. The average molecular weight is 566 g/mol. The van der Waals surface area contributed by atoms with Gasteiger partial charge >= 0.3 is 0 Å². The molecule has 1 aliphatic heterocycles. The van der Waals surface area contributed by atoms with Crippen LogP contribution in [0.4, 0.5) is 9.18 Å². The van der Waals surface area contributed by atoms with Crippen LogP contribution in [0, 0.1) is 5.82 Å². The summed E-state index contributed by atoms with van der Waals surface area (Å²) in [6.07, 6.45) is 1.54. The molecule has 0 radical (unpaired) electrons. The van der Waals surface area contributed by atoms with Gasteiger partial charge in [-0.2, -0.15) is 0 Å². The van der Waals surface area contributed by atoms with Crippen LogP contribution in [-0.2, 0) is 11.3 Å². The van der Waals surface area contributed by atoms with Crippen molar-refractivity contribution in [2.75, 3.05) is 6.61 Å². The molecule has 0 aromatic heterocycles. The molecule has 152 valence electrons. The number of nitrogens with zero attached hydrogens (tertiary/aromatic N) is 1. The van der Waals surface area contributed by atoms with Crippen LogP contribution in [0.1, 0.15) is 18.1 Å². The smallest absolute Gasteiger partial charge is 0.293 e. The highest BCUT2D eigenvalue weighted by Gasteiger charge is 2.35. The number of phenolic OH excluding ortho intramolecular Hbond substituents is 1. The first-order valence-corrected chi connectivity index (χ1v) is 11.0. The van der Waals surface area contributed by atoms with Gasteiger partial charge in [0.15, 0.2) is 11.5 Å². The molecule has 1 fully saturated rings. The molecule has 0 unspecified atom stereocenters. The van der Waals surface area contributed by atoms with Gasteiger partial charge in [0.25, 0.3) is 11.1 Å². The number of imide groups is 1. The lowest BCUT2D eigenvalue weighted by atomic mass is 10.1. The van der Waals surface area contributed by atoms with Gasteiger partial charge in [-0.05, 0) is 85.9 Å². The topological polar surface area (TPSA) is 66.8 Å².